The lowest BCUT2D eigenvalue weighted by atomic mass is 9.93. The Hall–Kier alpha value is -0.180. The van der Waals surface area contributed by atoms with Crippen LogP contribution in [0.3, 0.4) is 0 Å². The maximum absolute atomic E-state index is 12.1. The predicted octanol–water partition coefficient (Wildman–Crippen LogP) is 4.71. The molecule has 0 radical (unpaired) electrons. The van der Waals surface area contributed by atoms with Gasteiger partial charge in [-0.2, -0.15) is 11.8 Å². The fraction of sp³-hybridized carbons (Fsp3) is 0.462. The Labute approximate surface area is 116 Å². The third-order valence-electron chi connectivity index (χ3n) is 3.00. The Morgan fingerprint density at radius 1 is 1.18 bits per heavy atom. The van der Waals surface area contributed by atoms with Gasteiger partial charge in [0.15, 0.2) is 5.78 Å². The van der Waals surface area contributed by atoms with Gasteiger partial charge in [-0.3, -0.25) is 4.79 Å². The van der Waals surface area contributed by atoms with Crippen LogP contribution in [0.15, 0.2) is 18.2 Å². The summed E-state index contributed by atoms with van der Waals surface area (Å²) >= 11 is 13.8. The molecular weight excluding hydrogens is 275 g/mol. The zero-order valence-corrected chi connectivity index (χ0v) is 11.7. The molecule has 4 heteroatoms. The Kier molecular flexibility index (Phi) is 4.78. The molecule has 92 valence electrons. The molecule has 0 aromatic heterocycles. The van der Waals surface area contributed by atoms with E-state index in [1.54, 1.807) is 18.2 Å². The average molecular weight is 289 g/mol. The molecule has 0 amide bonds. The number of benzene rings is 1. The maximum Gasteiger partial charge on any atom is 0.163 e. The van der Waals surface area contributed by atoms with Gasteiger partial charge in [0.1, 0.15) is 0 Å². The van der Waals surface area contributed by atoms with Crippen LogP contribution in [0.1, 0.15) is 29.6 Å². The second-order valence-electron chi connectivity index (χ2n) is 4.34. The summed E-state index contributed by atoms with van der Waals surface area (Å²) in [5.74, 6) is 3.04. The van der Waals surface area contributed by atoms with Crippen LogP contribution >= 0.6 is 35.0 Å². The molecule has 1 nitrogen and oxygen atoms in total. The molecule has 1 aromatic rings. The van der Waals surface area contributed by atoms with E-state index in [-0.39, 0.29) is 5.78 Å². The molecule has 0 saturated carbocycles. The van der Waals surface area contributed by atoms with Crippen molar-refractivity contribution in [2.45, 2.75) is 19.3 Å². The summed E-state index contributed by atoms with van der Waals surface area (Å²) in [4.78, 5) is 12.1. The van der Waals surface area contributed by atoms with E-state index >= 15 is 0 Å². The molecule has 0 bridgehead atoms. The molecule has 1 heterocycles. The first-order chi connectivity index (χ1) is 8.15. The molecule has 0 atom stereocenters. The molecule has 17 heavy (non-hydrogen) atoms. The number of carbonyl (C=O) groups excluding carboxylic acids is 1. The van der Waals surface area contributed by atoms with Gasteiger partial charge in [-0.1, -0.05) is 23.2 Å². The number of hydrogen-bond acceptors (Lipinski definition) is 2. The third-order valence-corrected chi connectivity index (χ3v) is 4.48. The Morgan fingerprint density at radius 3 is 2.35 bits per heavy atom. The van der Waals surface area contributed by atoms with Gasteiger partial charge in [-0.05, 0) is 48.5 Å². The lowest BCUT2D eigenvalue weighted by Gasteiger charge is -2.20. The fourth-order valence-corrected chi connectivity index (χ4v) is 3.78. The first kappa shape index (κ1) is 13.3. The number of carbonyl (C=O) groups is 1. The molecular formula is C13H14Cl2OS. The Bertz CT molecular complexity index is 394. The van der Waals surface area contributed by atoms with E-state index in [1.165, 1.54) is 11.5 Å². The molecule has 0 spiro atoms. The van der Waals surface area contributed by atoms with Gasteiger partial charge in [0.2, 0.25) is 0 Å². The minimum atomic E-state index is 0.159. The quantitative estimate of drug-likeness (QED) is 0.750. The molecule has 0 aliphatic carbocycles. The monoisotopic (exact) mass is 288 g/mol. The van der Waals surface area contributed by atoms with Gasteiger partial charge < -0.3 is 0 Å². The largest absolute Gasteiger partial charge is 0.294 e. The van der Waals surface area contributed by atoms with E-state index in [0.717, 1.165) is 12.8 Å². The lowest BCUT2D eigenvalue weighted by molar-refractivity contribution is 0.0958. The van der Waals surface area contributed by atoms with Crippen LogP contribution in [0, 0.1) is 5.92 Å². The van der Waals surface area contributed by atoms with Crippen LogP contribution in [0.25, 0.3) is 0 Å². The lowest BCUT2D eigenvalue weighted by Crippen LogP contribution is -2.14. The SMILES string of the molecule is O=C(CC1CCSCC1)c1cc(Cl)cc(Cl)c1. The number of halogens is 2. The van der Waals surface area contributed by atoms with Crippen LogP contribution < -0.4 is 0 Å². The average Bonchev–Trinajstić information content (AvgIpc) is 2.29. The normalized spacial score (nSPS) is 17.1. The zero-order chi connectivity index (χ0) is 12.3. The van der Waals surface area contributed by atoms with Gasteiger partial charge in [-0.15, -0.1) is 0 Å². The van der Waals surface area contributed by atoms with Crippen molar-refractivity contribution in [1.29, 1.82) is 0 Å². The fourth-order valence-electron chi connectivity index (χ4n) is 2.05. The van der Waals surface area contributed by atoms with Crippen LogP contribution in [0.5, 0.6) is 0 Å². The van der Waals surface area contributed by atoms with Crippen LogP contribution in [-0.4, -0.2) is 17.3 Å². The van der Waals surface area contributed by atoms with Crippen molar-refractivity contribution < 1.29 is 4.79 Å². The van der Waals surface area contributed by atoms with E-state index < -0.39 is 0 Å². The molecule has 1 fully saturated rings. The highest BCUT2D eigenvalue weighted by Gasteiger charge is 2.18. The molecule has 1 aliphatic rings. The van der Waals surface area contributed by atoms with Crippen molar-refractivity contribution in [3.63, 3.8) is 0 Å². The summed E-state index contributed by atoms with van der Waals surface area (Å²) < 4.78 is 0. The Morgan fingerprint density at radius 2 is 1.76 bits per heavy atom. The first-order valence-electron chi connectivity index (χ1n) is 5.72. The summed E-state index contributed by atoms with van der Waals surface area (Å²) in [5, 5.41) is 1.06. The summed E-state index contributed by atoms with van der Waals surface area (Å²) in [6, 6.07) is 5.05. The number of rotatable bonds is 3. The summed E-state index contributed by atoms with van der Waals surface area (Å²) in [7, 11) is 0. The van der Waals surface area contributed by atoms with Gasteiger partial charge in [-0.25, -0.2) is 0 Å². The van der Waals surface area contributed by atoms with Crippen molar-refractivity contribution in [2.24, 2.45) is 5.92 Å². The van der Waals surface area contributed by atoms with E-state index in [0.29, 0.717) is 27.9 Å². The van der Waals surface area contributed by atoms with Crippen LogP contribution in [-0.2, 0) is 0 Å². The number of Topliss-reactive ketones (excluding diaryl/α,β-unsaturated/α-hetero) is 1. The maximum atomic E-state index is 12.1. The number of hydrogen-bond donors (Lipinski definition) is 0. The van der Waals surface area contributed by atoms with Crippen molar-refractivity contribution in [2.75, 3.05) is 11.5 Å². The zero-order valence-electron chi connectivity index (χ0n) is 9.42. The highest BCUT2D eigenvalue weighted by Crippen LogP contribution is 2.27. The molecule has 1 aliphatic heterocycles. The molecule has 2 rings (SSSR count). The number of ketones is 1. The highest BCUT2D eigenvalue weighted by molar-refractivity contribution is 7.99. The second-order valence-corrected chi connectivity index (χ2v) is 6.44. The summed E-state index contributed by atoms with van der Waals surface area (Å²) in [6.07, 6.45) is 2.91. The highest BCUT2D eigenvalue weighted by atomic mass is 35.5. The molecule has 0 unspecified atom stereocenters. The topological polar surface area (TPSA) is 17.1 Å². The smallest absolute Gasteiger partial charge is 0.163 e. The van der Waals surface area contributed by atoms with Gasteiger partial charge in [0.05, 0.1) is 0 Å². The van der Waals surface area contributed by atoms with Gasteiger partial charge >= 0.3 is 0 Å². The van der Waals surface area contributed by atoms with E-state index in [4.69, 9.17) is 23.2 Å². The summed E-state index contributed by atoms with van der Waals surface area (Å²) in [5.41, 5.74) is 0.640. The van der Waals surface area contributed by atoms with Gasteiger partial charge in [0, 0.05) is 22.0 Å². The minimum absolute atomic E-state index is 0.159. The van der Waals surface area contributed by atoms with E-state index in [1.807, 2.05) is 11.8 Å². The van der Waals surface area contributed by atoms with Crippen molar-refractivity contribution in [1.82, 2.24) is 0 Å². The first-order valence-corrected chi connectivity index (χ1v) is 7.63. The van der Waals surface area contributed by atoms with Crippen molar-refractivity contribution in [3.05, 3.63) is 33.8 Å². The standard InChI is InChI=1S/C13H14Cl2OS/c14-11-6-10(7-12(15)8-11)13(16)5-9-1-3-17-4-2-9/h6-9H,1-5H2. The van der Waals surface area contributed by atoms with Gasteiger partial charge in [0.25, 0.3) is 0 Å². The van der Waals surface area contributed by atoms with Crippen molar-refractivity contribution >= 4 is 40.7 Å². The summed E-state index contributed by atoms with van der Waals surface area (Å²) in [6.45, 7) is 0. The minimum Gasteiger partial charge on any atom is -0.294 e. The van der Waals surface area contributed by atoms with Crippen LogP contribution in [0.2, 0.25) is 10.0 Å². The molecule has 1 aromatic carbocycles. The Balaban J connectivity index is 2.03. The van der Waals surface area contributed by atoms with Crippen molar-refractivity contribution in [3.8, 4) is 0 Å². The van der Waals surface area contributed by atoms with Crippen LogP contribution in [0.4, 0.5) is 0 Å². The second kappa shape index (κ2) is 6.12. The molecule has 1 saturated heterocycles. The third kappa shape index (κ3) is 3.90. The van der Waals surface area contributed by atoms with E-state index in [9.17, 15) is 4.79 Å². The predicted molar refractivity (Wildman–Crippen MR) is 75.5 cm³/mol. The molecule has 0 N–H and O–H groups in total. The van der Waals surface area contributed by atoms with E-state index in [2.05, 4.69) is 0 Å². The number of thioether (sulfide) groups is 1.